The Morgan fingerprint density at radius 1 is 1.06 bits per heavy atom. The standard InChI is InChI=1S/C16H30N2/c1-16(10-4-9-15(16)17)12-18-11-5-7-13-6-2-3-8-14(13)18/h13-15H,2-12,17H2,1H3/t13-,14-,15?,16?/m1/s1. The Hall–Kier alpha value is -0.0800. The molecule has 104 valence electrons. The van der Waals surface area contributed by atoms with Gasteiger partial charge in [-0.15, -0.1) is 0 Å². The molecule has 2 nitrogen and oxygen atoms in total. The monoisotopic (exact) mass is 250 g/mol. The quantitative estimate of drug-likeness (QED) is 0.815. The van der Waals surface area contributed by atoms with Crippen molar-refractivity contribution in [3.8, 4) is 0 Å². The number of nitrogens with two attached hydrogens (primary N) is 1. The average molecular weight is 250 g/mol. The van der Waals surface area contributed by atoms with Gasteiger partial charge in [0.25, 0.3) is 0 Å². The van der Waals surface area contributed by atoms with Crippen molar-refractivity contribution in [1.29, 1.82) is 0 Å². The van der Waals surface area contributed by atoms with E-state index in [1.165, 1.54) is 70.9 Å². The molecule has 2 saturated carbocycles. The summed E-state index contributed by atoms with van der Waals surface area (Å²) in [7, 11) is 0. The zero-order valence-electron chi connectivity index (χ0n) is 12.0. The Bertz CT molecular complexity index is 289. The first kappa shape index (κ1) is 12.9. The molecule has 0 aromatic rings. The minimum absolute atomic E-state index is 0.402. The number of rotatable bonds is 2. The number of likely N-dealkylation sites (tertiary alicyclic amines) is 1. The highest BCUT2D eigenvalue weighted by Crippen LogP contribution is 2.41. The van der Waals surface area contributed by atoms with Gasteiger partial charge in [-0.1, -0.05) is 26.2 Å². The van der Waals surface area contributed by atoms with Crippen molar-refractivity contribution >= 4 is 0 Å². The van der Waals surface area contributed by atoms with Gasteiger partial charge in [0.2, 0.25) is 0 Å². The van der Waals surface area contributed by atoms with Crippen LogP contribution in [-0.4, -0.2) is 30.1 Å². The van der Waals surface area contributed by atoms with Crippen molar-refractivity contribution in [1.82, 2.24) is 4.90 Å². The van der Waals surface area contributed by atoms with E-state index in [9.17, 15) is 0 Å². The predicted molar refractivity (Wildman–Crippen MR) is 76.5 cm³/mol. The van der Waals surface area contributed by atoms with E-state index in [0.29, 0.717) is 11.5 Å². The van der Waals surface area contributed by atoms with E-state index in [2.05, 4.69) is 11.8 Å². The zero-order valence-corrected chi connectivity index (χ0v) is 12.0. The Labute approximate surface area is 112 Å². The highest BCUT2D eigenvalue weighted by atomic mass is 15.2. The molecule has 3 fully saturated rings. The molecule has 1 saturated heterocycles. The summed E-state index contributed by atoms with van der Waals surface area (Å²) in [5.74, 6) is 1.01. The fraction of sp³-hybridized carbons (Fsp3) is 1.00. The lowest BCUT2D eigenvalue weighted by Gasteiger charge is -2.47. The normalized spacial score (nSPS) is 46.0. The lowest BCUT2D eigenvalue weighted by atomic mass is 9.76. The van der Waals surface area contributed by atoms with Gasteiger partial charge >= 0.3 is 0 Å². The van der Waals surface area contributed by atoms with Crippen molar-refractivity contribution in [3.63, 3.8) is 0 Å². The Morgan fingerprint density at radius 2 is 1.83 bits per heavy atom. The predicted octanol–water partition coefficient (Wildman–Crippen LogP) is 3.16. The maximum atomic E-state index is 6.37. The molecule has 1 heterocycles. The number of piperidine rings is 1. The first-order valence-electron chi connectivity index (χ1n) is 8.19. The summed E-state index contributed by atoms with van der Waals surface area (Å²) >= 11 is 0. The molecule has 0 aromatic heterocycles. The fourth-order valence-corrected chi connectivity index (χ4v) is 4.84. The highest BCUT2D eigenvalue weighted by molar-refractivity contribution is 4.97. The number of hydrogen-bond donors (Lipinski definition) is 1. The van der Waals surface area contributed by atoms with Gasteiger partial charge < -0.3 is 5.73 Å². The van der Waals surface area contributed by atoms with Gasteiger partial charge in [0, 0.05) is 18.6 Å². The maximum absolute atomic E-state index is 6.37. The summed E-state index contributed by atoms with van der Waals surface area (Å²) in [6, 6.07) is 1.35. The van der Waals surface area contributed by atoms with Crippen LogP contribution >= 0.6 is 0 Å². The first-order chi connectivity index (χ1) is 8.69. The summed E-state index contributed by atoms with van der Waals surface area (Å²) in [4.78, 5) is 2.83. The van der Waals surface area contributed by atoms with Gasteiger partial charge in [0.05, 0.1) is 0 Å². The van der Waals surface area contributed by atoms with Crippen molar-refractivity contribution in [3.05, 3.63) is 0 Å². The number of fused-ring (bicyclic) bond motifs is 1. The highest BCUT2D eigenvalue weighted by Gasteiger charge is 2.41. The fourth-order valence-electron chi connectivity index (χ4n) is 4.84. The summed E-state index contributed by atoms with van der Waals surface area (Å²) in [5, 5.41) is 0. The third-order valence-corrected chi connectivity index (χ3v) is 6.08. The summed E-state index contributed by atoms with van der Waals surface area (Å²) < 4.78 is 0. The second kappa shape index (κ2) is 5.13. The second-order valence-electron chi connectivity index (χ2n) is 7.38. The van der Waals surface area contributed by atoms with Crippen molar-refractivity contribution < 1.29 is 0 Å². The molecule has 0 aromatic carbocycles. The molecule has 0 spiro atoms. The molecule has 2 heteroatoms. The lowest BCUT2D eigenvalue weighted by Crippen LogP contribution is -2.53. The molecule has 3 rings (SSSR count). The van der Waals surface area contributed by atoms with Gasteiger partial charge in [-0.25, -0.2) is 0 Å². The van der Waals surface area contributed by atoms with E-state index in [1.54, 1.807) is 0 Å². The van der Waals surface area contributed by atoms with Crippen LogP contribution < -0.4 is 5.73 Å². The van der Waals surface area contributed by atoms with Gasteiger partial charge in [-0.05, 0) is 56.4 Å². The van der Waals surface area contributed by atoms with Crippen LogP contribution in [0.1, 0.15) is 64.7 Å². The van der Waals surface area contributed by atoms with Gasteiger partial charge in [0.1, 0.15) is 0 Å². The molecule has 1 aliphatic heterocycles. The molecular formula is C16H30N2. The SMILES string of the molecule is CC1(CN2CCC[C@H]3CCCC[C@H]32)CCCC1N. The molecule has 2 aliphatic carbocycles. The second-order valence-corrected chi connectivity index (χ2v) is 7.38. The summed E-state index contributed by atoms with van der Waals surface area (Å²) in [6.45, 7) is 5.05. The van der Waals surface area contributed by atoms with Crippen LogP contribution in [0.3, 0.4) is 0 Å². The van der Waals surface area contributed by atoms with Crippen LogP contribution in [0, 0.1) is 11.3 Å². The van der Waals surface area contributed by atoms with Crippen LogP contribution in [0.15, 0.2) is 0 Å². The zero-order chi connectivity index (χ0) is 12.6. The third kappa shape index (κ3) is 2.34. The average Bonchev–Trinajstić information content (AvgIpc) is 2.70. The molecule has 18 heavy (non-hydrogen) atoms. The molecule has 2 unspecified atom stereocenters. The first-order valence-corrected chi connectivity index (χ1v) is 8.19. The van der Waals surface area contributed by atoms with Crippen LogP contribution in [0.25, 0.3) is 0 Å². The van der Waals surface area contributed by atoms with Crippen LogP contribution in [0.2, 0.25) is 0 Å². The number of hydrogen-bond acceptors (Lipinski definition) is 2. The van der Waals surface area contributed by atoms with Gasteiger partial charge in [-0.2, -0.15) is 0 Å². The third-order valence-electron chi connectivity index (χ3n) is 6.08. The minimum atomic E-state index is 0.402. The van der Waals surface area contributed by atoms with Crippen LogP contribution in [0.5, 0.6) is 0 Å². The lowest BCUT2D eigenvalue weighted by molar-refractivity contribution is 0.0254. The number of nitrogens with zero attached hydrogens (tertiary/aromatic N) is 1. The smallest absolute Gasteiger partial charge is 0.0124 e. The molecule has 4 atom stereocenters. The topological polar surface area (TPSA) is 29.3 Å². The Balaban J connectivity index is 1.67. The molecule has 0 bridgehead atoms. The van der Waals surface area contributed by atoms with Gasteiger partial charge in [0.15, 0.2) is 0 Å². The van der Waals surface area contributed by atoms with E-state index in [0.717, 1.165) is 12.0 Å². The molecule has 0 radical (unpaired) electrons. The van der Waals surface area contributed by atoms with Crippen LogP contribution in [0.4, 0.5) is 0 Å². The van der Waals surface area contributed by atoms with Crippen LogP contribution in [-0.2, 0) is 0 Å². The maximum Gasteiger partial charge on any atom is 0.0124 e. The van der Waals surface area contributed by atoms with E-state index in [-0.39, 0.29) is 0 Å². The van der Waals surface area contributed by atoms with E-state index in [1.807, 2.05) is 0 Å². The molecule has 2 N–H and O–H groups in total. The molecule has 3 aliphatic rings. The van der Waals surface area contributed by atoms with E-state index < -0.39 is 0 Å². The van der Waals surface area contributed by atoms with Crippen molar-refractivity contribution in [2.24, 2.45) is 17.1 Å². The molecule has 0 amide bonds. The van der Waals surface area contributed by atoms with Gasteiger partial charge in [-0.3, -0.25) is 4.90 Å². The van der Waals surface area contributed by atoms with E-state index in [4.69, 9.17) is 5.73 Å². The van der Waals surface area contributed by atoms with Crippen molar-refractivity contribution in [2.45, 2.75) is 76.8 Å². The van der Waals surface area contributed by atoms with Crippen molar-refractivity contribution in [2.75, 3.05) is 13.1 Å². The largest absolute Gasteiger partial charge is 0.327 e. The summed E-state index contributed by atoms with van der Waals surface area (Å²) in [5.41, 5.74) is 6.77. The Morgan fingerprint density at radius 3 is 2.61 bits per heavy atom. The summed E-state index contributed by atoms with van der Waals surface area (Å²) in [6.07, 6.45) is 12.7. The minimum Gasteiger partial charge on any atom is -0.327 e. The molecular weight excluding hydrogens is 220 g/mol. The Kier molecular flexibility index (Phi) is 3.68. The van der Waals surface area contributed by atoms with E-state index >= 15 is 0 Å².